The van der Waals surface area contributed by atoms with Crippen LogP contribution in [0.4, 0.5) is 5.69 Å². The minimum atomic E-state index is -3.61. The normalized spacial score (nSPS) is 10.7. The molecule has 1 amide bonds. The maximum absolute atomic E-state index is 12.1. The van der Waals surface area contributed by atoms with Crippen molar-refractivity contribution in [2.24, 2.45) is 0 Å². The number of carbonyl (C=O) groups is 1. The van der Waals surface area contributed by atoms with Gasteiger partial charge in [-0.3, -0.25) is 9.10 Å². The number of benzene rings is 2. The number of hydrogen-bond acceptors (Lipinski definition) is 5. The fourth-order valence-corrected chi connectivity index (χ4v) is 3.32. The van der Waals surface area contributed by atoms with Gasteiger partial charge in [0.25, 0.3) is 5.91 Å². The third-order valence-corrected chi connectivity index (χ3v) is 4.90. The number of rotatable bonds is 8. The smallest absolute Gasteiger partial charge is 0.258 e. The Kier molecular flexibility index (Phi) is 6.79. The summed E-state index contributed by atoms with van der Waals surface area (Å²) in [5, 5.41) is 11.8. The number of hydrogen-bond donors (Lipinski definition) is 1. The number of nitrogens with one attached hydrogen (secondary N) is 1. The molecule has 2 rings (SSSR count). The summed E-state index contributed by atoms with van der Waals surface area (Å²) in [5.41, 5.74) is 1.62. The summed E-state index contributed by atoms with van der Waals surface area (Å²) in [6, 6.07) is 15.7. The lowest BCUT2D eigenvalue weighted by atomic mass is 10.2. The molecule has 7 nitrogen and oxygen atoms in total. The Morgan fingerprint density at radius 3 is 2.48 bits per heavy atom. The quantitative estimate of drug-likeness (QED) is 0.745. The molecule has 0 saturated carbocycles. The Labute approximate surface area is 159 Å². The van der Waals surface area contributed by atoms with Crippen LogP contribution in [0.3, 0.4) is 0 Å². The summed E-state index contributed by atoms with van der Waals surface area (Å²) in [4.78, 5) is 11.9. The number of amides is 1. The van der Waals surface area contributed by atoms with Gasteiger partial charge in [0.2, 0.25) is 10.0 Å². The Morgan fingerprint density at radius 1 is 1.19 bits per heavy atom. The van der Waals surface area contributed by atoms with Crippen molar-refractivity contribution in [3.63, 3.8) is 0 Å². The van der Waals surface area contributed by atoms with Gasteiger partial charge in [-0.1, -0.05) is 29.8 Å². The van der Waals surface area contributed by atoms with Crippen LogP contribution in [0, 0.1) is 18.3 Å². The van der Waals surface area contributed by atoms with Gasteiger partial charge in [0.05, 0.1) is 24.1 Å². The molecular weight excluding hydrogens is 366 g/mol. The molecule has 0 aliphatic carbocycles. The van der Waals surface area contributed by atoms with Crippen LogP contribution >= 0.6 is 0 Å². The highest BCUT2D eigenvalue weighted by Gasteiger charge is 2.20. The van der Waals surface area contributed by atoms with Gasteiger partial charge in [-0.05, 0) is 31.2 Å². The molecule has 142 valence electrons. The van der Waals surface area contributed by atoms with Gasteiger partial charge < -0.3 is 10.1 Å². The molecule has 0 heterocycles. The zero-order valence-corrected chi connectivity index (χ0v) is 16.0. The van der Waals surface area contributed by atoms with E-state index in [1.165, 1.54) is 0 Å². The molecule has 0 spiro atoms. The Morgan fingerprint density at radius 2 is 1.85 bits per heavy atom. The zero-order valence-electron chi connectivity index (χ0n) is 15.2. The summed E-state index contributed by atoms with van der Waals surface area (Å²) in [5.74, 6) is 0.217. The maximum Gasteiger partial charge on any atom is 0.258 e. The fourth-order valence-electron chi connectivity index (χ4n) is 2.38. The van der Waals surface area contributed by atoms with Crippen molar-refractivity contribution >= 4 is 21.6 Å². The molecule has 0 atom stereocenters. The highest BCUT2D eigenvalue weighted by atomic mass is 32.2. The number of para-hydroxylation sites is 1. The fraction of sp³-hybridized carbons (Fsp3) is 0.263. The van der Waals surface area contributed by atoms with Gasteiger partial charge in [0, 0.05) is 6.54 Å². The number of nitriles is 1. The van der Waals surface area contributed by atoms with Gasteiger partial charge in [0.1, 0.15) is 11.8 Å². The summed E-state index contributed by atoms with van der Waals surface area (Å²) in [6.07, 6.45) is 1.06. The molecule has 0 unspecified atom stereocenters. The van der Waals surface area contributed by atoms with E-state index in [-0.39, 0.29) is 36.9 Å². The van der Waals surface area contributed by atoms with Crippen molar-refractivity contribution in [2.75, 3.05) is 30.3 Å². The van der Waals surface area contributed by atoms with Crippen LogP contribution in [0.1, 0.15) is 11.1 Å². The van der Waals surface area contributed by atoms with Crippen molar-refractivity contribution < 1.29 is 17.9 Å². The molecule has 0 saturated heterocycles. The number of sulfonamides is 1. The maximum atomic E-state index is 12.1. The SMILES string of the molecule is Cc1ccc(OCC(=O)NCCN(c2ccccc2C#N)S(C)(=O)=O)cc1. The molecule has 0 radical (unpaired) electrons. The second-order valence-corrected chi connectivity index (χ2v) is 7.82. The molecule has 8 heteroatoms. The van der Waals surface area contributed by atoms with Gasteiger partial charge in [-0.15, -0.1) is 0 Å². The van der Waals surface area contributed by atoms with Crippen LogP contribution in [-0.2, 0) is 14.8 Å². The van der Waals surface area contributed by atoms with Gasteiger partial charge in [-0.25, -0.2) is 8.42 Å². The van der Waals surface area contributed by atoms with E-state index in [1.807, 2.05) is 25.1 Å². The molecule has 0 bridgehead atoms. The largest absolute Gasteiger partial charge is 0.484 e. The molecule has 2 aromatic carbocycles. The van der Waals surface area contributed by atoms with Gasteiger partial charge in [0.15, 0.2) is 6.61 Å². The first kappa shape index (κ1) is 20.3. The molecule has 27 heavy (non-hydrogen) atoms. The summed E-state index contributed by atoms with van der Waals surface area (Å²) >= 11 is 0. The Bertz CT molecular complexity index is 934. The first-order valence-corrected chi connectivity index (χ1v) is 10.1. The minimum Gasteiger partial charge on any atom is -0.484 e. The highest BCUT2D eigenvalue weighted by Crippen LogP contribution is 2.21. The average Bonchev–Trinajstić information content (AvgIpc) is 2.64. The van der Waals surface area contributed by atoms with Crippen molar-refractivity contribution in [3.8, 4) is 11.8 Å². The van der Waals surface area contributed by atoms with Crippen LogP contribution in [0.25, 0.3) is 0 Å². The van der Waals surface area contributed by atoms with E-state index in [9.17, 15) is 18.5 Å². The Balaban J connectivity index is 1.93. The second-order valence-electron chi connectivity index (χ2n) is 5.92. The topological polar surface area (TPSA) is 99.5 Å². The van der Waals surface area contributed by atoms with E-state index in [0.29, 0.717) is 5.75 Å². The standard InChI is InChI=1S/C19H21N3O4S/c1-15-7-9-17(10-8-15)26-14-19(23)21-11-12-22(27(2,24)25)18-6-4-3-5-16(18)13-20/h3-10H,11-12,14H2,1-2H3,(H,21,23). The number of nitrogens with zero attached hydrogens (tertiary/aromatic N) is 2. The third-order valence-electron chi connectivity index (χ3n) is 3.72. The van der Waals surface area contributed by atoms with Crippen LogP contribution in [-0.4, -0.2) is 40.3 Å². The minimum absolute atomic E-state index is 0.00774. The number of aryl methyl sites for hydroxylation is 1. The van der Waals surface area contributed by atoms with E-state index in [0.717, 1.165) is 16.1 Å². The van der Waals surface area contributed by atoms with Crippen LogP contribution < -0.4 is 14.4 Å². The highest BCUT2D eigenvalue weighted by molar-refractivity contribution is 7.92. The van der Waals surface area contributed by atoms with E-state index >= 15 is 0 Å². The molecule has 0 fully saturated rings. The molecule has 0 aromatic heterocycles. The predicted molar refractivity (Wildman–Crippen MR) is 103 cm³/mol. The second kappa shape index (κ2) is 9.05. The average molecular weight is 387 g/mol. The summed E-state index contributed by atoms with van der Waals surface area (Å²) < 4.78 is 30.7. The molecule has 2 aromatic rings. The summed E-state index contributed by atoms with van der Waals surface area (Å²) in [6.45, 7) is 1.88. The number of carbonyl (C=O) groups excluding carboxylic acids is 1. The molecule has 0 aliphatic rings. The van der Waals surface area contributed by atoms with Gasteiger partial charge in [-0.2, -0.15) is 5.26 Å². The van der Waals surface area contributed by atoms with Crippen molar-refractivity contribution in [1.82, 2.24) is 5.32 Å². The predicted octanol–water partition coefficient (Wildman–Crippen LogP) is 1.83. The van der Waals surface area contributed by atoms with Crippen LogP contribution in [0.5, 0.6) is 5.75 Å². The molecule has 0 aliphatic heterocycles. The van der Waals surface area contributed by atoms with Crippen molar-refractivity contribution in [2.45, 2.75) is 6.92 Å². The first-order valence-electron chi connectivity index (χ1n) is 8.24. The number of ether oxygens (including phenoxy) is 1. The molecule has 1 N–H and O–H groups in total. The van der Waals surface area contributed by atoms with Crippen LogP contribution in [0.2, 0.25) is 0 Å². The number of anilines is 1. The van der Waals surface area contributed by atoms with Crippen molar-refractivity contribution in [3.05, 3.63) is 59.7 Å². The molecular formula is C19H21N3O4S. The van der Waals surface area contributed by atoms with Crippen molar-refractivity contribution in [1.29, 1.82) is 5.26 Å². The lowest BCUT2D eigenvalue weighted by Gasteiger charge is -2.23. The Hall–Kier alpha value is -3.05. The van der Waals surface area contributed by atoms with E-state index in [1.54, 1.807) is 36.4 Å². The van der Waals surface area contributed by atoms with Gasteiger partial charge >= 0.3 is 0 Å². The van der Waals surface area contributed by atoms with Crippen LogP contribution in [0.15, 0.2) is 48.5 Å². The first-order chi connectivity index (χ1) is 12.8. The lowest BCUT2D eigenvalue weighted by Crippen LogP contribution is -2.39. The van der Waals surface area contributed by atoms with E-state index < -0.39 is 10.0 Å². The third kappa shape index (κ3) is 6.01. The monoisotopic (exact) mass is 387 g/mol. The lowest BCUT2D eigenvalue weighted by molar-refractivity contribution is -0.123. The van der Waals surface area contributed by atoms with E-state index in [4.69, 9.17) is 4.74 Å². The zero-order chi connectivity index (χ0) is 19.9. The summed E-state index contributed by atoms with van der Waals surface area (Å²) in [7, 11) is -3.61. The van der Waals surface area contributed by atoms with E-state index in [2.05, 4.69) is 5.32 Å².